The average molecular weight is 473 g/mol. The van der Waals surface area contributed by atoms with Crippen molar-refractivity contribution >= 4 is 0 Å². The number of hydrogen-bond acceptors (Lipinski definition) is 0. The van der Waals surface area contributed by atoms with Gasteiger partial charge in [-0.1, -0.05) is 14.9 Å². The summed E-state index contributed by atoms with van der Waals surface area (Å²) in [5.74, 6) is 0. The van der Waals surface area contributed by atoms with Crippen LogP contribution in [0.1, 0.15) is 35.6 Å². The van der Waals surface area contributed by atoms with Gasteiger partial charge in [-0.25, -0.2) is 0 Å². The summed E-state index contributed by atoms with van der Waals surface area (Å²) >= 11 is 0. The first-order chi connectivity index (χ1) is 7.39. The van der Waals surface area contributed by atoms with Crippen LogP contribution in [0, 0.1) is 0 Å². The van der Waals surface area contributed by atoms with Crippen LogP contribution in [0.5, 0.6) is 0 Å². The van der Waals surface area contributed by atoms with E-state index in [1.807, 2.05) is 0 Å². The molecule has 0 N–H and O–H groups in total. The maximum absolute atomic E-state index is 3.00. The van der Waals surface area contributed by atoms with Crippen LogP contribution in [0.4, 0.5) is 0 Å². The second-order valence-corrected chi connectivity index (χ2v) is 4.72. The van der Waals surface area contributed by atoms with Gasteiger partial charge in [-0.15, -0.1) is 26.3 Å². The van der Waals surface area contributed by atoms with Crippen LogP contribution in [0.25, 0.3) is 0 Å². The predicted octanol–water partition coefficient (Wildman–Crippen LogP) is -1.59. The Morgan fingerprint density at radius 3 is 0.905 bits per heavy atom. The molecule has 0 atom stereocenters. The van der Waals surface area contributed by atoms with Gasteiger partial charge >= 0.3 is 0 Å². The molecule has 0 rings (SSSR count). The van der Waals surface area contributed by atoms with Gasteiger partial charge in [0, 0.05) is 18.6 Å². The smallest absolute Gasteiger partial charge is 0.206 e. The summed E-state index contributed by atoms with van der Waals surface area (Å²) in [5.41, 5.74) is 0. The summed E-state index contributed by atoms with van der Waals surface area (Å²) in [4.78, 5) is 0. The van der Waals surface area contributed by atoms with E-state index in [9.17, 15) is 0 Å². The largest absolute Gasteiger partial charge is 1.00 e. The summed E-state index contributed by atoms with van der Waals surface area (Å²) < 4.78 is 2.30. The van der Waals surface area contributed by atoms with Gasteiger partial charge in [-0.05, 0) is 20.8 Å². The van der Waals surface area contributed by atoms with E-state index < -0.39 is 0 Å². The first-order valence-corrected chi connectivity index (χ1v) is 6.04. The fourth-order valence-electron chi connectivity index (χ4n) is 1.87. The van der Waals surface area contributed by atoms with E-state index >= 15 is 0 Å². The molecule has 0 aliphatic rings. The maximum atomic E-state index is 3.00. The van der Waals surface area contributed by atoms with Crippen molar-refractivity contribution in [3.63, 3.8) is 0 Å². The van der Waals surface area contributed by atoms with Gasteiger partial charge in [0.1, 0.15) is 0 Å². The average Bonchev–Trinajstić information content (AvgIpc) is 2.30. The molecule has 1 radical (unpaired) electrons. The van der Waals surface area contributed by atoms with Crippen molar-refractivity contribution in [2.75, 3.05) is 47.4 Å². The molecular formula is C16H42Br2N2V. The van der Waals surface area contributed by atoms with Crippen molar-refractivity contribution in [1.82, 2.24) is 0 Å². The standard InChI is InChI=1S/C10H26N2.2C2H4.2CH4.2BrH.V/c1-7-12(8-2,9-3)10-11(4,5)6;2*1-2;;;;;/h7-10H2,1-6H3;2*1-2H2;2*1H4;2*1H;/q+2;;;;;;;/p-2. The number of quaternary nitrogens is 2. The van der Waals surface area contributed by atoms with Gasteiger partial charge in [0.25, 0.3) is 0 Å². The summed E-state index contributed by atoms with van der Waals surface area (Å²) in [6.07, 6.45) is 0. The van der Waals surface area contributed by atoms with E-state index in [-0.39, 0.29) is 67.4 Å². The third-order valence-electron chi connectivity index (χ3n) is 2.74. The minimum absolute atomic E-state index is 0. The number of nitrogens with zero attached hydrogens (tertiary/aromatic N) is 2. The van der Waals surface area contributed by atoms with Crippen LogP contribution in [0.2, 0.25) is 0 Å². The zero-order valence-corrected chi connectivity index (χ0v) is 18.3. The van der Waals surface area contributed by atoms with Gasteiger partial charge in [-0.2, -0.15) is 0 Å². The second-order valence-electron chi connectivity index (χ2n) is 4.72. The van der Waals surface area contributed by atoms with E-state index in [1.165, 1.54) is 30.8 Å². The van der Waals surface area contributed by atoms with Crippen LogP contribution < -0.4 is 34.0 Å². The number of rotatable bonds is 5. The quantitative estimate of drug-likeness (QED) is 0.257. The van der Waals surface area contributed by atoms with Crippen LogP contribution >= 0.6 is 0 Å². The SMILES string of the molecule is C.C.C=C.C=C.CC[N+](CC)(CC)C[N+](C)(C)C.[Br-].[Br-].[V]. The molecule has 0 aliphatic carbocycles. The van der Waals surface area contributed by atoms with E-state index in [4.69, 9.17) is 0 Å². The molecule has 0 bridgehead atoms. The summed E-state index contributed by atoms with van der Waals surface area (Å²) in [6.45, 7) is 23.9. The molecule has 5 heteroatoms. The third kappa shape index (κ3) is 29.6. The van der Waals surface area contributed by atoms with Crippen molar-refractivity contribution in [2.45, 2.75) is 35.6 Å². The molecule has 0 heterocycles. The normalized spacial score (nSPS) is 8.10. The Morgan fingerprint density at radius 1 is 0.667 bits per heavy atom. The molecule has 0 aromatic carbocycles. The Morgan fingerprint density at radius 2 is 0.857 bits per heavy atom. The predicted molar refractivity (Wildman–Crippen MR) is 90.8 cm³/mol. The molecular weight excluding hydrogens is 431 g/mol. The van der Waals surface area contributed by atoms with Crippen molar-refractivity contribution in [2.24, 2.45) is 0 Å². The molecule has 21 heavy (non-hydrogen) atoms. The van der Waals surface area contributed by atoms with Crippen molar-refractivity contribution in [3.8, 4) is 0 Å². The van der Waals surface area contributed by atoms with Gasteiger partial charge in [0.2, 0.25) is 6.67 Å². The molecule has 0 unspecified atom stereocenters. The van der Waals surface area contributed by atoms with Gasteiger partial charge in [0.15, 0.2) is 0 Å². The third-order valence-corrected chi connectivity index (χ3v) is 2.74. The fourth-order valence-corrected chi connectivity index (χ4v) is 1.87. The minimum atomic E-state index is 0. The van der Waals surface area contributed by atoms with Crippen LogP contribution in [-0.2, 0) is 18.6 Å². The summed E-state index contributed by atoms with van der Waals surface area (Å²) in [7, 11) is 6.82. The van der Waals surface area contributed by atoms with Crippen molar-refractivity contribution in [3.05, 3.63) is 26.3 Å². The monoisotopic (exact) mass is 471 g/mol. The zero-order chi connectivity index (χ0) is 13.8. The van der Waals surface area contributed by atoms with Crippen LogP contribution in [0.15, 0.2) is 26.3 Å². The molecule has 2 nitrogen and oxygen atoms in total. The van der Waals surface area contributed by atoms with Gasteiger partial charge in [0.05, 0.1) is 40.8 Å². The van der Waals surface area contributed by atoms with Gasteiger partial charge in [-0.3, -0.25) is 8.97 Å². The summed E-state index contributed by atoms with van der Waals surface area (Å²) in [5, 5.41) is 0. The maximum Gasteiger partial charge on any atom is 0.206 e. The Kier molecular flexibility index (Phi) is 68.4. The summed E-state index contributed by atoms with van der Waals surface area (Å²) in [6, 6.07) is 0. The molecule has 0 fully saturated rings. The Bertz CT molecular complexity index is 149. The Balaban J connectivity index is -0.0000000288. The fraction of sp³-hybridized carbons (Fsp3) is 0.750. The van der Waals surface area contributed by atoms with Crippen molar-refractivity contribution in [1.29, 1.82) is 0 Å². The minimum Gasteiger partial charge on any atom is -1.00 e. The topological polar surface area (TPSA) is 0 Å². The molecule has 135 valence electrons. The molecule has 0 aromatic heterocycles. The van der Waals surface area contributed by atoms with E-state index in [0.29, 0.717) is 0 Å². The molecule has 0 saturated carbocycles. The Hall–Kier alpha value is 0.944. The van der Waals surface area contributed by atoms with Crippen LogP contribution in [-0.4, -0.2) is 56.4 Å². The molecule has 0 amide bonds. The first-order valence-electron chi connectivity index (χ1n) is 6.04. The van der Waals surface area contributed by atoms with E-state index in [2.05, 4.69) is 68.2 Å². The van der Waals surface area contributed by atoms with Crippen molar-refractivity contribution < 1.29 is 61.5 Å². The first kappa shape index (κ1) is 49.5. The Labute approximate surface area is 170 Å². The van der Waals surface area contributed by atoms with E-state index in [1.54, 1.807) is 0 Å². The molecule has 0 saturated heterocycles. The van der Waals surface area contributed by atoms with Crippen LogP contribution in [0.3, 0.4) is 0 Å². The molecule has 0 spiro atoms. The zero-order valence-electron chi connectivity index (χ0n) is 13.8. The van der Waals surface area contributed by atoms with Gasteiger partial charge < -0.3 is 34.0 Å². The number of hydrogen-bond donors (Lipinski definition) is 0. The van der Waals surface area contributed by atoms with E-state index in [0.717, 1.165) is 4.48 Å². The molecule has 0 aliphatic heterocycles. The number of halogens is 2. The second kappa shape index (κ2) is 29.0. The molecule has 0 aromatic rings.